The number of benzene rings is 11. The lowest BCUT2D eigenvalue weighted by Gasteiger charge is -2.24. The first-order valence-corrected chi connectivity index (χ1v) is 19.4. The highest BCUT2D eigenvalue weighted by Gasteiger charge is 2.38. The molecule has 0 saturated carbocycles. The van der Waals surface area contributed by atoms with Crippen molar-refractivity contribution >= 4 is 75.4 Å². The van der Waals surface area contributed by atoms with Crippen molar-refractivity contribution in [3.8, 4) is 33.4 Å². The topological polar surface area (TPSA) is 0 Å². The standard InChI is InChI=1S/C55H36/c1-55(2)49-30-29-35(32-48(49)53-41-21-9-5-17-37(41)38-18-7-14-26-46(38)54(53)55)51-42-22-10-12-24-44(42)52(45-25-13-11-23-43(45)51)47-31-34-28-27-33-15-3-4-16-36(33)50(34)40-20-8-6-19-39(40)47/h3-32H,1-2H3. The van der Waals surface area contributed by atoms with Crippen molar-refractivity contribution in [3.63, 3.8) is 0 Å². The van der Waals surface area contributed by atoms with Crippen molar-refractivity contribution in [2.45, 2.75) is 19.3 Å². The fourth-order valence-electron chi connectivity index (χ4n) is 10.5. The molecule has 0 atom stereocenters. The molecule has 0 bridgehead atoms. The first-order chi connectivity index (χ1) is 27.1. The van der Waals surface area contributed by atoms with Gasteiger partial charge in [-0.3, -0.25) is 0 Å². The molecule has 0 saturated heterocycles. The van der Waals surface area contributed by atoms with Crippen molar-refractivity contribution < 1.29 is 0 Å². The monoisotopic (exact) mass is 696 g/mol. The highest BCUT2D eigenvalue weighted by atomic mass is 14.4. The zero-order chi connectivity index (χ0) is 36.4. The van der Waals surface area contributed by atoms with E-state index in [4.69, 9.17) is 0 Å². The molecule has 11 aromatic rings. The summed E-state index contributed by atoms with van der Waals surface area (Å²) < 4.78 is 0. The highest BCUT2D eigenvalue weighted by molar-refractivity contribution is 6.29. The molecule has 55 heavy (non-hydrogen) atoms. The van der Waals surface area contributed by atoms with Gasteiger partial charge in [0.1, 0.15) is 0 Å². The van der Waals surface area contributed by atoms with E-state index in [-0.39, 0.29) is 5.41 Å². The van der Waals surface area contributed by atoms with Crippen LogP contribution in [0.15, 0.2) is 182 Å². The zero-order valence-corrected chi connectivity index (χ0v) is 30.8. The minimum Gasteiger partial charge on any atom is -0.0616 e. The van der Waals surface area contributed by atoms with Crippen LogP contribution in [0.25, 0.3) is 109 Å². The maximum atomic E-state index is 2.51. The van der Waals surface area contributed by atoms with Crippen LogP contribution < -0.4 is 0 Å². The van der Waals surface area contributed by atoms with Gasteiger partial charge in [0.05, 0.1) is 0 Å². The molecule has 0 heterocycles. The van der Waals surface area contributed by atoms with E-state index in [0.717, 1.165) is 0 Å². The lowest BCUT2D eigenvalue weighted by atomic mass is 9.79. The van der Waals surface area contributed by atoms with Crippen LogP contribution in [-0.4, -0.2) is 0 Å². The van der Waals surface area contributed by atoms with Crippen LogP contribution in [0.5, 0.6) is 0 Å². The zero-order valence-electron chi connectivity index (χ0n) is 30.8. The first kappa shape index (κ1) is 30.7. The molecule has 0 N–H and O–H groups in total. The molecule has 12 rings (SSSR count). The predicted octanol–water partition coefficient (Wildman–Crippen LogP) is 15.4. The second-order valence-electron chi connectivity index (χ2n) is 15.9. The number of hydrogen-bond acceptors (Lipinski definition) is 0. The summed E-state index contributed by atoms with van der Waals surface area (Å²) in [7, 11) is 0. The first-order valence-electron chi connectivity index (χ1n) is 19.4. The summed E-state index contributed by atoms with van der Waals surface area (Å²) >= 11 is 0. The quantitative estimate of drug-likeness (QED) is 0.125. The van der Waals surface area contributed by atoms with Crippen LogP contribution in [0.1, 0.15) is 25.0 Å². The summed E-state index contributed by atoms with van der Waals surface area (Å²) in [6.45, 7) is 4.82. The van der Waals surface area contributed by atoms with E-state index in [1.807, 2.05) is 0 Å². The van der Waals surface area contributed by atoms with Gasteiger partial charge in [-0.15, -0.1) is 0 Å². The minimum absolute atomic E-state index is 0.136. The summed E-state index contributed by atoms with van der Waals surface area (Å²) in [5, 5.41) is 18.2. The molecule has 0 heteroatoms. The lowest BCUT2D eigenvalue weighted by Crippen LogP contribution is -2.15. The van der Waals surface area contributed by atoms with Crippen LogP contribution in [0.3, 0.4) is 0 Å². The third-order valence-corrected chi connectivity index (χ3v) is 12.8. The molecule has 0 aliphatic heterocycles. The predicted molar refractivity (Wildman–Crippen MR) is 237 cm³/mol. The van der Waals surface area contributed by atoms with Gasteiger partial charge < -0.3 is 0 Å². The smallest absolute Gasteiger partial charge is 0.0165 e. The Morgan fingerprint density at radius 2 is 0.782 bits per heavy atom. The van der Waals surface area contributed by atoms with Crippen molar-refractivity contribution in [1.82, 2.24) is 0 Å². The molecule has 1 aliphatic carbocycles. The van der Waals surface area contributed by atoms with Gasteiger partial charge in [0.15, 0.2) is 0 Å². The fraction of sp³-hybridized carbons (Fsp3) is 0.0545. The number of hydrogen-bond donors (Lipinski definition) is 0. The second kappa shape index (κ2) is 11.1. The van der Waals surface area contributed by atoms with E-state index in [1.165, 1.54) is 120 Å². The third kappa shape index (κ3) is 4.12. The molecule has 1 aliphatic rings. The van der Waals surface area contributed by atoms with E-state index in [0.29, 0.717) is 0 Å². The van der Waals surface area contributed by atoms with Crippen LogP contribution in [0.2, 0.25) is 0 Å². The minimum atomic E-state index is -0.136. The maximum Gasteiger partial charge on any atom is 0.0165 e. The van der Waals surface area contributed by atoms with Gasteiger partial charge in [-0.2, -0.15) is 0 Å². The highest BCUT2D eigenvalue weighted by Crippen LogP contribution is 2.56. The fourth-order valence-corrected chi connectivity index (χ4v) is 10.5. The molecule has 0 amide bonds. The Labute approximate surface area is 319 Å². The Bertz CT molecular complexity index is 3390. The van der Waals surface area contributed by atoms with Crippen LogP contribution in [-0.2, 0) is 5.41 Å². The Kier molecular flexibility index (Phi) is 6.21. The van der Waals surface area contributed by atoms with E-state index in [9.17, 15) is 0 Å². The Morgan fingerprint density at radius 3 is 1.44 bits per heavy atom. The summed E-state index contributed by atoms with van der Waals surface area (Å²) in [4.78, 5) is 0. The molecule has 0 fully saturated rings. The van der Waals surface area contributed by atoms with Gasteiger partial charge in [0, 0.05) is 5.41 Å². The van der Waals surface area contributed by atoms with Crippen molar-refractivity contribution in [3.05, 3.63) is 193 Å². The molecule has 0 aromatic heterocycles. The SMILES string of the molecule is CC1(C)c2ccc(-c3c4ccccc4c(-c4cc5ccc6ccccc6c5c5ccccc45)c4ccccc34)cc2-c2c1c1ccccc1c1ccccc21. The molecular weight excluding hydrogens is 661 g/mol. The van der Waals surface area contributed by atoms with Gasteiger partial charge in [-0.25, -0.2) is 0 Å². The number of fused-ring (bicyclic) bond motifs is 15. The van der Waals surface area contributed by atoms with Gasteiger partial charge in [-0.05, 0) is 132 Å². The van der Waals surface area contributed by atoms with Gasteiger partial charge in [0.2, 0.25) is 0 Å². The third-order valence-electron chi connectivity index (χ3n) is 12.8. The Hall–Kier alpha value is -6.76. The average Bonchev–Trinajstić information content (AvgIpc) is 3.48. The Morgan fingerprint density at radius 1 is 0.309 bits per heavy atom. The molecule has 11 aromatic carbocycles. The molecule has 0 spiro atoms. The largest absolute Gasteiger partial charge is 0.0616 e. The van der Waals surface area contributed by atoms with E-state index >= 15 is 0 Å². The van der Waals surface area contributed by atoms with E-state index in [1.54, 1.807) is 0 Å². The van der Waals surface area contributed by atoms with Crippen LogP contribution in [0, 0.1) is 0 Å². The second-order valence-corrected chi connectivity index (χ2v) is 15.9. The van der Waals surface area contributed by atoms with Gasteiger partial charge in [-0.1, -0.05) is 184 Å². The molecule has 0 unspecified atom stereocenters. The van der Waals surface area contributed by atoms with Gasteiger partial charge in [0.25, 0.3) is 0 Å². The maximum absolute atomic E-state index is 2.51. The molecule has 0 radical (unpaired) electrons. The molecule has 0 nitrogen and oxygen atoms in total. The van der Waals surface area contributed by atoms with E-state index in [2.05, 4.69) is 196 Å². The lowest BCUT2D eigenvalue weighted by molar-refractivity contribution is 0.666. The summed E-state index contributed by atoms with van der Waals surface area (Å²) in [6.07, 6.45) is 0. The van der Waals surface area contributed by atoms with Crippen LogP contribution in [0.4, 0.5) is 0 Å². The van der Waals surface area contributed by atoms with Crippen molar-refractivity contribution in [2.24, 2.45) is 0 Å². The van der Waals surface area contributed by atoms with Crippen LogP contribution >= 0.6 is 0 Å². The Balaban J connectivity index is 1.18. The molecule has 256 valence electrons. The number of rotatable bonds is 2. The summed E-state index contributed by atoms with van der Waals surface area (Å²) in [5.41, 5.74) is 10.6. The van der Waals surface area contributed by atoms with Gasteiger partial charge >= 0.3 is 0 Å². The van der Waals surface area contributed by atoms with Crippen molar-refractivity contribution in [1.29, 1.82) is 0 Å². The summed E-state index contributed by atoms with van der Waals surface area (Å²) in [5.74, 6) is 0. The average molecular weight is 697 g/mol. The normalized spacial score (nSPS) is 13.4. The molecular formula is C55H36. The van der Waals surface area contributed by atoms with E-state index < -0.39 is 0 Å². The summed E-state index contributed by atoms with van der Waals surface area (Å²) in [6, 6.07) is 68.3. The van der Waals surface area contributed by atoms with Crippen molar-refractivity contribution in [2.75, 3.05) is 0 Å².